The zero-order valence-electron chi connectivity index (χ0n) is 14.7. The monoisotopic (exact) mass is 291 g/mol. The van der Waals surface area contributed by atoms with Gasteiger partial charge in [-0.15, -0.1) is 5.73 Å². The molecule has 2 aliphatic rings. The van der Waals surface area contributed by atoms with Crippen LogP contribution in [0.5, 0.6) is 0 Å². The van der Waals surface area contributed by atoms with Crippen molar-refractivity contribution >= 4 is 5.78 Å². The molecule has 121 valence electrons. The molecule has 2 rings (SSSR count). The Kier molecular flexibility index (Phi) is 12.4. The molecule has 0 heterocycles. The number of allylic oxidation sites excluding steroid dienone is 1. The average molecular weight is 291 g/mol. The minimum atomic E-state index is 0.272. The maximum atomic E-state index is 11.1. The summed E-state index contributed by atoms with van der Waals surface area (Å²) in [5.41, 5.74) is 2.56. The van der Waals surface area contributed by atoms with Gasteiger partial charge in [0, 0.05) is 5.92 Å². The van der Waals surface area contributed by atoms with Gasteiger partial charge in [0.05, 0.1) is 0 Å². The van der Waals surface area contributed by atoms with E-state index in [-0.39, 0.29) is 5.92 Å². The van der Waals surface area contributed by atoms with Crippen molar-refractivity contribution in [2.24, 2.45) is 17.8 Å². The number of carbonyl (C=O) groups is 1. The van der Waals surface area contributed by atoms with E-state index in [4.69, 9.17) is 6.58 Å². The lowest BCUT2D eigenvalue weighted by Crippen LogP contribution is -2.19. The Morgan fingerprint density at radius 1 is 1.05 bits per heavy atom. The van der Waals surface area contributed by atoms with Crippen molar-refractivity contribution in [2.75, 3.05) is 0 Å². The molecule has 0 aromatic carbocycles. The van der Waals surface area contributed by atoms with Gasteiger partial charge in [-0.05, 0) is 50.7 Å². The summed E-state index contributed by atoms with van der Waals surface area (Å²) in [5, 5.41) is 0. The summed E-state index contributed by atoms with van der Waals surface area (Å²) in [6.07, 6.45) is 13.7. The molecule has 2 saturated carbocycles. The van der Waals surface area contributed by atoms with Gasteiger partial charge in [0.2, 0.25) is 0 Å². The Labute approximate surface area is 132 Å². The second-order valence-corrected chi connectivity index (χ2v) is 6.31. The van der Waals surface area contributed by atoms with Crippen molar-refractivity contribution in [1.82, 2.24) is 0 Å². The molecule has 0 saturated heterocycles. The fourth-order valence-electron chi connectivity index (χ4n) is 3.19. The smallest absolute Gasteiger partial charge is 0.132 e. The quantitative estimate of drug-likeness (QED) is 0.558. The van der Waals surface area contributed by atoms with E-state index in [1.807, 2.05) is 19.9 Å². The van der Waals surface area contributed by atoms with Crippen molar-refractivity contribution in [3.63, 3.8) is 0 Å². The van der Waals surface area contributed by atoms with E-state index in [2.05, 4.69) is 12.7 Å². The number of Topliss-reactive ketones (excluding diaryl/α,β-unsaturated/α-hetero) is 1. The molecule has 0 aromatic rings. The van der Waals surface area contributed by atoms with Gasteiger partial charge in [0.15, 0.2) is 0 Å². The zero-order chi connectivity index (χ0) is 16.1. The molecular formula is C20H35O. The Bertz CT molecular complexity index is 298. The molecule has 0 bridgehead atoms. The summed E-state index contributed by atoms with van der Waals surface area (Å²) < 4.78 is 0. The third-order valence-electron chi connectivity index (χ3n) is 4.52. The molecular weight excluding hydrogens is 256 g/mol. The molecule has 2 aliphatic carbocycles. The highest BCUT2D eigenvalue weighted by atomic mass is 16.1. The van der Waals surface area contributed by atoms with Crippen LogP contribution in [0.15, 0.2) is 11.8 Å². The average Bonchev–Trinajstić information content (AvgIpc) is 2.51. The van der Waals surface area contributed by atoms with Crippen LogP contribution in [-0.4, -0.2) is 5.78 Å². The minimum Gasteiger partial charge on any atom is -0.300 e. The van der Waals surface area contributed by atoms with Crippen LogP contribution in [0.3, 0.4) is 0 Å². The van der Waals surface area contributed by atoms with E-state index in [1.54, 1.807) is 6.92 Å². The summed E-state index contributed by atoms with van der Waals surface area (Å²) in [6, 6.07) is 0. The number of carbonyl (C=O) groups excluding carboxylic acids is 1. The van der Waals surface area contributed by atoms with Crippen LogP contribution in [0.2, 0.25) is 0 Å². The van der Waals surface area contributed by atoms with Crippen LogP contribution in [-0.2, 0) is 4.79 Å². The zero-order valence-corrected chi connectivity index (χ0v) is 14.7. The molecule has 2 fully saturated rings. The van der Waals surface area contributed by atoms with Gasteiger partial charge >= 0.3 is 0 Å². The van der Waals surface area contributed by atoms with Gasteiger partial charge in [-0.2, -0.15) is 0 Å². The van der Waals surface area contributed by atoms with Crippen LogP contribution >= 0.6 is 0 Å². The van der Waals surface area contributed by atoms with E-state index in [0.717, 1.165) is 31.6 Å². The van der Waals surface area contributed by atoms with E-state index in [1.165, 1.54) is 32.1 Å². The van der Waals surface area contributed by atoms with Crippen LogP contribution in [0, 0.1) is 24.3 Å². The Balaban J connectivity index is 0.000000377. The Morgan fingerprint density at radius 3 is 2.10 bits per heavy atom. The maximum Gasteiger partial charge on any atom is 0.132 e. The molecule has 0 aromatic heterocycles. The Hall–Kier alpha value is -0.810. The van der Waals surface area contributed by atoms with Crippen LogP contribution < -0.4 is 0 Å². The van der Waals surface area contributed by atoms with Gasteiger partial charge in [-0.1, -0.05) is 59.3 Å². The Morgan fingerprint density at radius 2 is 1.67 bits per heavy atom. The second kappa shape index (κ2) is 12.9. The lowest BCUT2D eigenvalue weighted by Gasteiger charge is -2.24. The van der Waals surface area contributed by atoms with E-state index >= 15 is 0 Å². The summed E-state index contributed by atoms with van der Waals surface area (Å²) in [6.45, 7) is 13.2. The van der Waals surface area contributed by atoms with E-state index < -0.39 is 0 Å². The number of hydrogen-bond acceptors (Lipinski definition) is 1. The largest absolute Gasteiger partial charge is 0.300 e. The van der Waals surface area contributed by atoms with E-state index in [0.29, 0.717) is 11.7 Å². The van der Waals surface area contributed by atoms with Crippen molar-refractivity contribution < 1.29 is 4.79 Å². The molecule has 1 heteroatoms. The van der Waals surface area contributed by atoms with Gasteiger partial charge in [-0.3, -0.25) is 4.79 Å². The van der Waals surface area contributed by atoms with Crippen molar-refractivity contribution in [3.8, 4) is 0 Å². The lowest BCUT2D eigenvalue weighted by molar-refractivity contribution is -0.121. The van der Waals surface area contributed by atoms with Crippen molar-refractivity contribution in [3.05, 3.63) is 18.4 Å². The first kappa shape index (κ1) is 20.2. The third kappa shape index (κ3) is 9.69. The first-order chi connectivity index (χ1) is 10.1. The van der Waals surface area contributed by atoms with Gasteiger partial charge in [0.25, 0.3) is 0 Å². The van der Waals surface area contributed by atoms with Crippen LogP contribution in [0.1, 0.15) is 85.5 Å². The summed E-state index contributed by atoms with van der Waals surface area (Å²) in [5.74, 6) is 2.12. The second-order valence-electron chi connectivity index (χ2n) is 6.31. The number of ketones is 1. The molecule has 0 amide bonds. The third-order valence-corrected chi connectivity index (χ3v) is 4.52. The topological polar surface area (TPSA) is 17.1 Å². The van der Waals surface area contributed by atoms with Gasteiger partial charge in [-0.25, -0.2) is 0 Å². The van der Waals surface area contributed by atoms with Crippen molar-refractivity contribution in [1.29, 1.82) is 0 Å². The fourth-order valence-corrected chi connectivity index (χ4v) is 3.19. The molecule has 0 spiro atoms. The molecule has 0 N–H and O–H groups in total. The minimum absolute atomic E-state index is 0.272. The molecule has 1 nitrogen and oxygen atoms in total. The fraction of sp³-hybridized carbons (Fsp3) is 0.800. The van der Waals surface area contributed by atoms with Crippen molar-refractivity contribution in [2.45, 2.75) is 85.5 Å². The van der Waals surface area contributed by atoms with Gasteiger partial charge in [0.1, 0.15) is 5.78 Å². The summed E-state index contributed by atoms with van der Waals surface area (Å²) in [7, 11) is 0. The molecule has 2 unspecified atom stereocenters. The highest BCUT2D eigenvalue weighted by molar-refractivity contribution is 5.78. The predicted octanol–water partition coefficient (Wildman–Crippen LogP) is 6.14. The molecule has 2 atom stereocenters. The predicted molar refractivity (Wildman–Crippen MR) is 92.1 cm³/mol. The summed E-state index contributed by atoms with van der Waals surface area (Å²) >= 11 is 0. The first-order valence-corrected chi connectivity index (χ1v) is 8.93. The maximum absolute atomic E-state index is 11.1. The summed E-state index contributed by atoms with van der Waals surface area (Å²) in [4.78, 5) is 11.1. The van der Waals surface area contributed by atoms with Crippen LogP contribution in [0.25, 0.3) is 0 Å². The lowest BCUT2D eigenvalue weighted by atomic mass is 9.80. The normalized spacial score (nSPS) is 25.3. The molecule has 0 aliphatic heterocycles. The SMILES string of the molecule is CC.CC1CCCCC1.[CH]=C=CC1CCCC(C(C)=O)C1. The van der Waals surface area contributed by atoms with Gasteiger partial charge < -0.3 is 0 Å². The highest BCUT2D eigenvalue weighted by Crippen LogP contribution is 2.30. The highest BCUT2D eigenvalue weighted by Gasteiger charge is 2.22. The van der Waals surface area contributed by atoms with E-state index in [9.17, 15) is 4.79 Å². The number of hydrogen-bond donors (Lipinski definition) is 0. The number of rotatable bonds is 2. The molecule has 1 radical (unpaired) electrons. The van der Waals surface area contributed by atoms with Crippen LogP contribution in [0.4, 0.5) is 0 Å². The first-order valence-electron chi connectivity index (χ1n) is 8.93. The molecule has 21 heavy (non-hydrogen) atoms. The standard InChI is InChI=1S/C11H15O.C7H14.C2H6/c1-3-5-10-6-4-7-11(8-10)9(2)12;1-7-5-3-2-4-6-7;1-2/h1,5,10-11H,4,6-8H2,2H3;7H,2-6H2,1H3;1-2H3.